The molecule has 0 spiro atoms. The first kappa shape index (κ1) is 10.5. The monoisotopic (exact) mass is 212 g/mol. The maximum atomic E-state index is 12.1. The average Bonchev–Trinajstić information content (AvgIpc) is 2.30. The van der Waals surface area contributed by atoms with Crippen LogP contribution in [0.5, 0.6) is 0 Å². The largest absolute Gasteiger partial charge is 0.299 e. The van der Waals surface area contributed by atoms with Crippen molar-refractivity contribution in [3.8, 4) is 0 Å². The van der Waals surface area contributed by atoms with Crippen LogP contribution in [0.4, 0.5) is 0 Å². The molecule has 0 amide bonds. The van der Waals surface area contributed by atoms with Crippen molar-refractivity contribution in [2.24, 2.45) is 11.8 Å². The third-order valence-corrected chi connectivity index (χ3v) is 4.79. The number of hydrogen-bond donors (Lipinski definition) is 0. The number of Topliss-reactive ketones (excluding diaryl/α,β-unsaturated/α-hetero) is 1. The minimum absolute atomic E-state index is 0.414. The molecular weight excluding hydrogens is 192 g/mol. The van der Waals surface area contributed by atoms with E-state index in [2.05, 4.69) is 0 Å². The molecule has 0 aromatic heterocycles. The van der Waals surface area contributed by atoms with Crippen molar-refractivity contribution in [1.29, 1.82) is 0 Å². The highest BCUT2D eigenvalue weighted by Crippen LogP contribution is 2.31. The molecule has 80 valence electrons. The van der Waals surface area contributed by atoms with Gasteiger partial charge < -0.3 is 0 Å². The molecule has 0 N–H and O–H groups in total. The van der Waals surface area contributed by atoms with Crippen molar-refractivity contribution in [3.63, 3.8) is 0 Å². The van der Waals surface area contributed by atoms with Crippen LogP contribution in [-0.4, -0.2) is 17.3 Å². The lowest BCUT2D eigenvalue weighted by Gasteiger charge is -2.27. The van der Waals surface area contributed by atoms with Crippen LogP contribution in [0.2, 0.25) is 0 Å². The molecule has 1 nitrogen and oxygen atoms in total. The molecule has 2 fully saturated rings. The Balaban J connectivity index is 1.85. The topological polar surface area (TPSA) is 17.1 Å². The fraction of sp³-hybridized carbons (Fsp3) is 0.917. The van der Waals surface area contributed by atoms with Gasteiger partial charge in [-0.05, 0) is 31.4 Å². The predicted octanol–water partition coefficient (Wildman–Crippen LogP) is 3.28. The number of hydrogen-bond acceptors (Lipinski definition) is 2. The third-order valence-electron chi connectivity index (χ3n) is 3.57. The molecule has 14 heavy (non-hydrogen) atoms. The van der Waals surface area contributed by atoms with E-state index in [9.17, 15) is 4.79 Å². The fourth-order valence-electron chi connectivity index (χ4n) is 2.69. The van der Waals surface area contributed by atoms with Crippen LogP contribution in [0.15, 0.2) is 0 Å². The summed E-state index contributed by atoms with van der Waals surface area (Å²) in [5.74, 6) is 3.84. The van der Waals surface area contributed by atoms with Crippen molar-refractivity contribution in [3.05, 3.63) is 0 Å². The highest BCUT2D eigenvalue weighted by Gasteiger charge is 2.28. The Morgan fingerprint density at radius 3 is 2.29 bits per heavy atom. The second kappa shape index (κ2) is 5.20. The Labute approximate surface area is 91.0 Å². The van der Waals surface area contributed by atoms with Gasteiger partial charge in [0.2, 0.25) is 0 Å². The summed E-state index contributed by atoms with van der Waals surface area (Å²) in [4.78, 5) is 12.1. The van der Waals surface area contributed by atoms with Gasteiger partial charge in [-0.15, -0.1) is 0 Å². The van der Waals surface area contributed by atoms with Crippen molar-refractivity contribution in [1.82, 2.24) is 0 Å². The molecule has 0 aromatic rings. The van der Waals surface area contributed by atoms with Gasteiger partial charge in [0.05, 0.1) is 0 Å². The van der Waals surface area contributed by atoms with E-state index in [1.807, 2.05) is 11.8 Å². The molecular formula is C12H20OS. The average molecular weight is 212 g/mol. The van der Waals surface area contributed by atoms with Gasteiger partial charge >= 0.3 is 0 Å². The highest BCUT2D eigenvalue weighted by atomic mass is 32.2. The first-order valence-electron chi connectivity index (χ1n) is 5.99. The molecule has 1 saturated heterocycles. The van der Waals surface area contributed by atoms with Crippen LogP contribution in [0, 0.1) is 11.8 Å². The van der Waals surface area contributed by atoms with Crippen LogP contribution in [-0.2, 0) is 4.79 Å². The summed E-state index contributed by atoms with van der Waals surface area (Å²) < 4.78 is 0. The van der Waals surface area contributed by atoms with Crippen LogP contribution >= 0.6 is 11.8 Å². The molecule has 1 saturated carbocycles. The van der Waals surface area contributed by atoms with E-state index in [1.54, 1.807) is 0 Å². The molecule has 1 unspecified atom stereocenters. The molecule has 1 atom stereocenters. The van der Waals surface area contributed by atoms with Crippen molar-refractivity contribution >= 4 is 17.5 Å². The SMILES string of the molecule is O=C(C1CCCCC1)C1CCCSC1. The molecule has 0 radical (unpaired) electrons. The van der Waals surface area contributed by atoms with Crippen LogP contribution in [0.25, 0.3) is 0 Å². The zero-order valence-corrected chi connectivity index (χ0v) is 9.65. The van der Waals surface area contributed by atoms with Crippen molar-refractivity contribution in [2.75, 3.05) is 11.5 Å². The van der Waals surface area contributed by atoms with Gasteiger partial charge in [-0.1, -0.05) is 19.3 Å². The summed E-state index contributed by atoms with van der Waals surface area (Å²) in [6, 6.07) is 0. The van der Waals surface area contributed by atoms with Crippen molar-refractivity contribution in [2.45, 2.75) is 44.9 Å². The Hall–Kier alpha value is 0.0200. The summed E-state index contributed by atoms with van der Waals surface area (Å²) in [5.41, 5.74) is 0. The van der Waals surface area contributed by atoms with E-state index < -0.39 is 0 Å². The normalized spacial score (nSPS) is 30.1. The van der Waals surface area contributed by atoms with Gasteiger partial charge in [-0.2, -0.15) is 11.8 Å². The Morgan fingerprint density at radius 1 is 0.929 bits per heavy atom. The van der Waals surface area contributed by atoms with E-state index in [1.165, 1.54) is 50.7 Å². The van der Waals surface area contributed by atoms with Crippen LogP contribution < -0.4 is 0 Å². The van der Waals surface area contributed by atoms with E-state index >= 15 is 0 Å². The van der Waals surface area contributed by atoms with Gasteiger partial charge in [0.15, 0.2) is 0 Å². The number of carbonyl (C=O) groups is 1. The molecule has 0 bridgehead atoms. The van der Waals surface area contributed by atoms with E-state index in [4.69, 9.17) is 0 Å². The highest BCUT2D eigenvalue weighted by molar-refractivity contribution is 7.99. The zero-order valence-electron chi connectivity index (χ0n) is 8.84. The fourth-order valence-corrected chi connectivity index (χ4v) is 3.84. The minimum atomic E-state index is 0.414. The summed E-state index contributed by atoms with van der Waals surface area (Å²) in [6.07, 6.45) is 8.71. The Kier molecular flexibility index (Phi) is 3.91. The van der Waals surface area contributed by atoms with Gasteiger partial charge in [0.1, 0.15) is 5.78 Å². The predicted molar refractivity (Wildman–Crippen MR) is 61.6 cm³/mol. The second-order valence-electron chi connectivity index (χ2n) is 4.65. The lowest BCUT2D eigenvalue weighted by molar-refractivity contribution is -0.127. The summed E-state index contributed by atoms with van der Waals surface area (Å²) in [6.45, 7) is 0. The quantitative estimate of drug-likeness (QED) is 0.698. The lowest BCUT2D eigenvalue weighted by atomic mass is 9.81. The molecule has 2 rings (SSSR count). The summed E-state index contributed by atoms with van der Waals surface area (Å²) in [5, 5.41) is 0. The number of carbonyl (C=O) groups excluding carboxylic acids is 1. The number of thioether (sulfide) groups is 1. The molecule has 1 heterocycles. The molecule has 2 heteroatoms. The van der Waals surface area contributed by atoms with Gasteiger partial charge in [-0.3, -0.25) is 4.79 Å². The molecule has 0 aromatic carbocycles. The van der Waals surface area contributed by atoms with E-state index in [-0.39, 0.29) is 0 Å². The van der Waals surface area contributed by atoms with Crippen molar-refractivity contribution < 1.29 is 4.79 Å². The molecule has 2 aliphatic rings. The second-order valence-corrected chi connectivity index (χ2v) is 5.80. The smallest absolute Gasteiger partial charge is 0.139 e. The lowest BCUT2D eigenvalue weighted by Crippen LogP contribution is -2.28. The third kappa shape index (κ3) is 2.53. The van der Waals surface area contributed by atoms with Gasteiger partial charge in [0.25, 0.3) is 0 Å². The maximum Gasteiger partial charge on any atom is 0.139 e. The van der Waals surface area contributed by atoms with Gasteiger partial charge in [-0.25, -0.2) is 0 Å². The Bertz CT molecular complexity index is 170. The number of rotatable bonds is 2. The molecule has 1 aliphatic heterocycles. The first-order valence-corrected chi connectivity index (χ1v) is 7.15. The van der Waals surface area contributed by atoms with E-state index in [0.29, 0.717) is 17.6 Å². The van der Waals surface area contributed by atoms with Gasteiger partial charge in [0, 0.05) is 17.6 Å². The standard InChI is InChI=1S/C12H20OS/c13-12(10-5-2-1-3-6-10)11-7-4-8-14-9-11/h10-11H,1-9H2. The Morgan fingerprint density at radius 2 is 1.64 bits per heavy atom. The zero-order chi connectivity index (χ0) is 9.80. The number of ketones is 1. The summed E-state index contributed by atoms with van der Waals surface area (Å²) in [7, 11) is 0. The summed E-state index contributed by atoms with van der Waals surface area (Å²) >= 11 is 1.97. The first-order chi connectivity index (χ1) is 6.88. The van der Waals surface area contributed by atoms with Crippen LogP contribution in [0.3, 0.4) is 0 Å². The van der Waals surface area contributed by atoms with Crippen LogP contribution in [0.1, 0.15) is 44.9 Å². The minimum Gasteiger partial charge on any atom is -0.299 e. The maximum absolute atomic E-state index is 12.1. The van der Waals surface area contributed by atoms with E-state index in [0.717, 1.165) is 5.75 Å². The molecule has 1 aliphatic carbocycles.